The number of nitrogens with one attached hydrogen (secondary N) is 1. The topological polar surface area (TPSA) is 75.9 Å². The second-order valence-corrected chi connectivity index (χ2v) is 1.46. The van der Waals surface area contributed by atoms with Crippen molar-refractivity contribution in [2.45, 2.75) is 26.7 Å². The molecule has 0 aromatic rings. The van der Waals surface area contributed by atoms with Crippen LogP contribution in [-0.4, -0.2) is 5.96 Å². The van der Waals surface area contributed by atoms with Crippen molar-refractivity contribution in [2.24, 2.45) is 11.5 Å². The Kier molecular flexibility index (Phi) is 12.3. The van der Waals surface area contributed by atoms with E-state index in [0.717, 1.165) is 0 Å². The largest absolute Gasteiger partial charge is 0.370 e. The molecule has 0 aliphatic carbocycles. The smallest absolute Gasteiger partial charge is 0.183 e. The van der Waals surface area contributed by atoms with E-state index in [9.17, 15) is 0 Å². The Morgan fingerprint density at radius 1 is 1.25 bits per heavy atom. The van der Waals surface area contributed by atoms with E-state index in [-0.39, 0.29) is 5.96 Å². The van der Waals surface area contributed by atoms with Gasteiger partial charge in [0.2, 0.25) is 0 Å². The molecule has 0 aliphatic heterocycles. The van der Waals surface area contributed by atoms with E-state index < -0.39 is 0 Å². The van der Waals surface area contributed by atoms with Crippen LogP contribution in [0.1, 0.15) is 26.7 Å². The van der Waals surface area contributed by atoms with Crippen LogP contribution >= 0.6 is 0 Å². The Hall–Kier alpha value is -0.730. The van der Waals surface area contributed by atoms with Crippen molar-refractivity contribution < 1.29 is 0 Å². The monoisotopic (exact) mass is 117 g/mol. The van der Waals surface area contributed by atoms with Gasteiger partial charge in [-0.25, -0.2) is 0 Å². The van der Waals surface area contributed by atoms with Gasteiger partial charge in [0, 0.05) is 0 Å². The minimum absolute atomic E-state index is 0.333. The molecule has 3 nitrogen and oxygen atoms in total. The molecule has 50 valence electrons. The van der Waals surface area contributed by atoms with E-state index in [1.807, 2.05) is 0 Å². The summed E-state index contributed by atoms with van der Waals surface area (Å²) in [4.78, 5) is 0. The van der Waals surface area contributed by atoms with Crippen molar-refractivity contribution in [2.75, 3.05) is 0 Å². The quantitative estimate of drug-likeness (QED) is 0.348. The van der Waals surface area contributed by atoms with Gasteiger partial charge in [-0.15, -0.1) is 0 Å². The zero-order valence-electron chi connectivity index (χ0n) is 5.57. The Morgan fingerprint density at radius 3 is 1.38 bits per heavy atom. The van der Waals surface area contributed by atoms with Crippen LogP contribution in [0.2, 0.25) is 0 Å². The van der Waals surface area contributed by atoms with Gasteiger partial charge >= 0.3 is 0 Å². The second-order valence-electron chi connectivity index (χ2n) is 1.46. The highest BCUT2D eigenvalue weighted by molar-refractivity contribution is 5.71. The molecule has 0 aliphatic rings. The first-order chi connectivity index (χ1) is 3.65. The molecular weight excluding hydrogens is 102 g/mol. The molecule has 0 rings (SSSR count). The summed E-state index contributed by atoms with van der Waals surface area (Å²) in [6.45, 7) is 4.36. The number of nitrogens with two attached hydrogens (primary N) is 2. The molecule has 0 saturated heterocycles. The fourth-order valence-corrected chi connectivity index (χ4v) is 0. The molecule has 5 N–H and O–H groups in total. The van der Waals surface area contributed by atoms with Gasteiger partial charge in [-0.05, 0) is 0 Å². The Bertz CT molecular complexity index is 45.6. The van der Waals surface area contributed by atoms with Crippen LogP contribution in [0.3, 0.4) is 0 Å². The maximum atomic E-state index is 6.06. The van der Waals surface area contributed by atoms with E-state index >= 15 is 0 Å². The van der Waals surface area contributed by atoms with Gasteiger partial charge in [-0.2, -0.15) is 0 Å². The normalized spacial score (nSPS) is 6.75. The number of hydrogen-bond acceptors (Lipinski definition) is 1. The summed E-state index contributed by atoms with van der Waals surface area (Å²) >= 11 is 0. The van der Waals surface area contributed by atoms with Crippen LogP contribution in [-0.2, 0) is 0 Å². The molecule has 0 spiro atoms. The summed E-state index contributed by atoms with van der Waals surface area (Å²) in [6, 6.07) is 0. The Labute approximate surface area is 50.6 Å². The van der Waals surface area contributed by atoms with Gasteiger partial charge in [0.25, 0.3) is 0 Å². The van der Waals surface area contributed by atoms with Crippen LogP contribution in [0.15, 0.2) is 0 Å². The van der Waals surface area contributed by atoms with Crippen molar-refractivity contribution in [1.82, 2.24) is 0 Å². The molecule has 3 heteroatoms. The molecule has 8 heavy (non-hydrogen) atoms. The molecule has 0 heterocycles. The standard InChI is InChI=1S/C4H10.CH5N3/c1-3-4-2;2-1(3)4/h3-4H2,1-2H3;(H5,2,3,4). The number of unbranched alkanes of at least 4 members (excludes halogenated alkanes) is 1. The minimum Gasteiger partial charge on any atom is -0.370 e. The maximum absolute atomic E-state index is 6.06. The van der Waals surface area contributed by atoms with Gasteiger partial charge in [0.1, 0.15) is 0 Å². The Morgan fingerprint density at radius 2 is 1.38 bits per heavy atom. The maximum Gasteiger partial charge on any atom is 0.183 e. The van der Waals surface area contributed by atoms with Crippen LogP contribution < -0.4 is 11.5 Å². The third-order valence-corrected chi connectivity index (χ3v) is 0.500. The third-order valence-electron chi connectivity index (χ3n) is 0.500. The first-order valence-corrected chi connectivity index (χ1v) is 2.74. The molecular formula is C5H15N3. The van der Waals surface area contributed by atoms with Crippen molar-refractivity contribution in [3.63, 3.8) is 0 Å². The van der Waals surface area contributed by atoms with Gasteiger partial charge < -0.3 is 11.5 Å². The second kappa shape index (κ2) is 9.55. The molecule has 0 atom stereocenters. The fourth-order valence-electron chi connectivity index (χ4n) is 0. The van der Waals surface area contributed by atoms with E-state index in [2.05, 4.69) is 25.3 Å². The molecule has 0 bridgehead atoms. The van der Waals surface area contributed by atoms with Crippen molar-refractivity contribution in [1.29, 1.82) is 5.41 Å². The van der Waals surface area contributed by atoms with Gasteiger partial charge in [-0.3, -0.25) is 5.41 Å². The third kappa shape index (κ3) is 1320. The van der Waals surface area contributed by atoms with Gasteiger partial charge in [-0.1, -0.05) is 26.7 Å². The van der Waals surface area contributed by atoms with Crippen LogP contribution in [0.25, 0.3) is 0 Å². The number of hydrogen-bond donors (Lipinski definition) is 3. The fraction of sp³-hybridized carbons (Fsp3) is 0.800. The summed E-state index contributed by atoms with van der Waals surface area (Å²) in [7, 11) is 0. The van der Waals surface area contributed by atoms with Crippen molar-refractivity contribution in [3.8, 4) is 0 Å². The zero-order chi connectivity index (χ0) is 6.99. The number of rotatable bonds is 1. The minimum atomic E-state index is -0.333. The highest BCUT2D eigenvalue weighted by Crippen LogP contribution is 1.76. The predicted octanol–water partition coefficient (Wildman–Crippen LogP) is 0.645. The molecule has 0 aromatic heterocycles. The first-order valence-electron chi connectivity index (χ1n) is 2.74. The summed E-state index contributed by atoms with van der Waals surface area (Å²) in [5.41, 5.74) is 8.94. The van der Waals surface area contributed by atoms with Crippen molar-refractivity contribution in [3.05, 3.63) is 0 Å². The first kappa shape index (κ1) is 10.3. The number of guanidine groups is 1. The van der Waals surface area contributed by atoms with Gasteiger partial charge in [0.15, 0.2) is 5.96 Å². The zero-order valence-corrected chi connectivity index (χ0v) is 5.57. The summed E-state index contributed by atoms with van der Waals surface area (Å²) in [6.07, 6.45) is 2.64. The highest BCUT2D eigenvalue weighted by Gasteiger charge is 1.56. The molecule has 0 fully saturated rings. The molecule has 0 saturated carbocycles. The average molecular weight is 117 g/mol. The lowest BCUT2D eigenvalue weighted by atomic mass is 10.4. The Balaban J connectivity index is 0. The summed E-state index contributed by atoms with van der Waals surface area (Å²) in [5.74, 6) is -0.333. The lowest BCUT2D eigenvalue weighted by molar-refractivity contribution is 0.886. The summed E-state index contributed by atoms with van der Waals surface area (Å²) in [5, 5.41) is 6.06. The van der Waals surface area contributed by atoms with Crippen LogP contribution in [0, 0.1) is 5.41 Å². The van der Waals surface area contributed by atoms with E-state index in [1.54, 1.807) is 0 Å². The lowest BCUT2D eigenvalue weighted by Gasteiger charge is -1.69. The van der Waals surface area contributed by atoms with Crippen LogP contribution in [0.5, 0.6) is 0 Å². The predicted molar refractivity (Wildman–Crippen MR) is 36.7 cm³/mol. The van der Waals surface area contributed by atoms with Crippen LogP contribution in [0.4, 0.5) is 0 Å². The molecule has 0 radical (unpaired) electrons. The van der Waals surface area contributed by atoms with E-state index in [0.29, 0.717) is 0 Å². The molecule has 0 unspecified atom stereocenters. The van der Waals surface area contributed by atoms with E-state index in [1.165, 1.54) is 12.8 Å². The SMILES string of the molecule is CCCC.N=C(N)N. The highest BCUT2D eigenvalue weighted by atomic mass is 14.9. The average Bonchev–Trinajstić information content (AvgIpc) is 1.65. The molecule has 0 amide bonds. The summed E-state index contributed by atoms with van der Waals surface area (Å²) < 4.78 is 0. The van der Waals surface area contributed by atoms with E-state index in [4.69, 9.17) is 5.41 Å². The van der Waals surface area contributed by atoms with Gasteiger partial charge in [0.05, 0.1) is 0 Å². The van der Waals surface area contributed by atoms with Crippen molar-refractivity contribution >= 4 is 5.96 Å². The lowest BCUT2D eigenvalue weighted by Crippen LogP contribution is -2.20. The molecule has 0 aromatic carbocycles.